The molecule has 5 rings (SSSR count). The Morgan fingerprint density at radius 2 is 1.45 bits per heavy atom. The highest BCUT2D eigenvalue weighted by molar-refractivity contribution is 5.79. The maximum atomic E-state index is 13.5. The molecule has 0 bridgehead atoms. The van der Waals surface area contributed by atoms with Crippen LogP contribution < -0.4 is 9.47 Å². The summed E-state index contributed by atoms with van der Waals surface area (Å²) >= 11 is 0. The minimum absolute atomic E-state index is 0.0452. The number of benzene rings is 2. The lowest BCUT2D eigenvalue weighted by Crippen LogP contribution is -2.54. The van der Waals surface area contributed by atoms with Gasteiger partial charge in [0.15, 0.2) is 11.5 Å². The lowest BCUT2D eigenvalue weighted by atomic mass is 9.87. The minimum atomic E-state index is -0.0452. The standard InChI is InChI=1S/C29H38N4O5/c1-36-25-18-23-8-9-33(29(22-6-4-3-5-7-22)24(23)19-26(25)37-2)21-28(35)31-12-10-30(11-13-31)20-27(34)32-14-16-38-17-15-32/h3-7,18-19,29H,8-17,20-21H2,1-2H3/t29-/m1/s1. The van der Waals surface area contributed by atoms with E-state index in [9.17, 15) is 9.59 Å². The summed E-state index contributed by atoms with van der Waals surface area (Å²) in [5.74, 6) is 1.71. The van der Waals surface area contributed by atoms with Crippen LogP contribution in [-0.4, -0.2) is 118 Å². The summed E-state index contributed by atoms with van der Waals surface area (Å²) in [7, 11) is 3.31. The van der Waals surface area contributed by atoms with Gasteiger partial charge in [-0.15, -0.1) is 0 Å². The van der Waals surface area contributed by atoms with Gasteiger partial charge in [0.2, 0.25) is 11.8 Å². The van der Waals surface area contributed by atoms with Gasteiger partial charge in [0.25, 0.3) is 0 Å². The quantitative estimate of drug-likeness (QED) is 0.548. The Morgan fingerprint density at radius 1 is 0.816 bits per heavy atom. The Kier molecular flexibility index (Phi) is 8.46. The number of carbonyl (C=O) groups excluding carboxylic acids is 2. The molecule has 2 saturated heterocycles. The van der Waals surface area contributed by atoms with E-state index in [2.05, 4.69) is 34.1 Å². The molecule has 3 aliphatic rings. The molecule has 0 N–H and O–H groups in total. The second-order valence-corrected chi connectivity index (χ2v) is 10.1. The number of hydrogen-bond donors (Lipinski definition) is 0. The number of fused-ring (bicyclic) bond motifs is 1. The van der Waals surface area contributed by atoms with E-state index in [1.807, 2.05) is 28.0 Å². The molecule has 9 heteroatoms. The zero-order chi connectivity index (χ0) is 26.5. The van der Waals surface area contributed by atoms with Gasteiger partial charge in [-0.1, -0.05) is 30.3 Å². The van der Waals surface area contributed by atoms with Crippen molar-refractivity contribution in [2.75, 3.05) is 86.3 Å². The van der Waals surface area contributed by atoms with Gasteiger partial charge in [0, 0.05) is 45.8 Å². The summed E-state index contributed by atoms with van der Waals surface area (Å²) in [6.45, 7) is 6.79. The summed E-state index contributed by atoms with van der Waals surface area (Å²) in [6.07, 6.45) is 0.837. The topological polar surface area (TPSA) is 74.8 Å². The molecule has 0 spiro atoms. The summed E-state index contributed by atoms with van der Waals surface area (Å²) in [4.78, 5) is 34.4. The number of hydrogen-bond acceptors (Lipinski definition) is 7. The first-order valence-corrected chi connectivity index (χ1v) is 13.5. The van der Waals surface area contributed by atoms with Gasteiger partial charge in [0.05, 0.1) is 46.6 Å². The Labute approximate surface area is 224 Å². The van der Waals surface area contributed by atoms with Gasteiger partial charge in [-0.25, -0.2) is 0 Å². The van der Waals surface area contributed by atoms with Crippen LogP contribution in [0.4, 0.5) is 0 Å². The van der Waals surface area contributed by atoms with Crippen LogP contribution in [0, 0.1) is 0 Å². The molecule has 1 atom stereocenters. The van der Waals surface area contributed by atoms with E-state index >= 15 is 0 Å². The van der Waals surface area contributed by atoms with E-state index in [1.165, 1.54) is 5.56 Å². The molecule has 2 amide bonds. The number of carbonyl (C=O) groups is 2. The van der Waals surface area contributed by atoms with Crippen molar-refractivity contribution in [1.82, 2.24) is 19.6 Å². The first-order valence-electron chi connectivity index (χ1n) is 13.5. The van der Waals surface area contributed by atoms with Crippen molar-refractivity contribution in [2.24, 2.45) is 0 Å². The number of morpholine rings is 1. The highest BCUT2D eigenvalue weighted by Crippen LogP contribution is 2.40. The predicted octanol–water partition coefficient (Wildman–Crippen LogP) is 1.65. The Hall–Kier alpha value is -3.14. The van der Waals surface area contributed by atoms with Crippen LogP contribution in [0.1, 0.15) is 22.7 Å². The van der Waals surface area contributed by atoms with E-state index in [0.717, 1.165) is 29.8 Å². The summed E-state index contributed by atoms with van der Waals surface area (Å²) in [5, 5.41) is 0. The number of piperazine rings is 1. The van der Waals surface area contributed by atoms with Gasteiger partial charge in [-0.3, -0.25) is 19.4 Å². The first kappa shape index (κ1) is 26.5. The number of amides is 2. The van der Waals surface area contributed by atoms with E-state index in [1.54, 1.807) is 14.2 Å². The minimum Gasteiger partial charge on any atom is -0.493 e. The van der Waals surface area contributed by atoms with E-state index < -0.39 is 0 Å². The molecular formula is C29H38N4O5. The molecule has 0 radical (unpaired) electrons. The number of rotatable bonds is 7. The van der Waals surface area contributed by atoms with Crippen molar-refractivity contribution in [3.05, 3.63) is 59.2 Å². The fourth-order valence-corrected chi connectivity index (χ4v) is 5.73. The Bertz CT molecular complexity index is 1110. The smallest absolute Gasteiger partial charge is 0.236 e. The van der Waals surface area contributed by atoms with Crippen LogP contribution in [0.3, 0.4) is 0 Å². The number of ether oxygens (including phenoxy) is 3. The Balaban J connectivity index is 1.25. The fraction of sp³-hybridized carbons (Fsp3) is 0.517. The molecule has 0 aromatic heterocycles. The third-order valence-corrected chi connectivity index (χ3v) is 7.87. The summed E-state index contributed by atoms with van der Waals surface area (Å²) in [6, 6.07) is 14.4. The molecule has 2 fully saturated rings. The van der Waals surface area contributed by atoms with E-state index in [-0.39, 0.29) is 17.9 Å². The molecule has 2 aromatic carbocycles. The number of nitrogens with zero attached hydrogens (tertiary/aromatic N) is 4. The van der Waals surface area contributed by atoms with Crippen LogP contribution in [0.15, 0.2) is 42.5 Å². The highest BCUT2D eigenvalue weighted by Gasteiger charge is 2.33. The average molecular weight is 523 g/mol. The van der Waals surface area contributed by atoms with Crippen molar-refractivity contribution in [3.8, 4) is 11.5 Å². The third-order valence-electron chi connectivity index (χ3n) is 7.87. The lowest BCUT2D eigenvalue weighted by Gasteiger charge is -2.40. The molecule has 3 aliphatic heterocycles. The monoisotopic (exact) mass is 522 g/mol. The molecule has 0 saturated carbocycles. The summed E-state index contributed by atoms with van der Waals surface area (Å²) in [5.41, 5.74) is 3.53. The third kappa shape index (κ3) is 5.80. The molecule has 204 valence electrons. The molecule has 0 aliphatic carbocycles. The normalized spacial score (nSPS) is 20.6. The van der Waals surface area contributed by atoms with Gasteiger partial charge in [-0.2, -0.15) is 0 Å². The highest BCUT2D eigenvalue weighted by atomic mass is 16.5. The largest absolute Gasteiger partial charge is 0.493 e. The molecular weight excluding hydrogens is 484 g/mol. The van der Waals surface area contributed by atoms with E-state index in [4.69, 9.17) is 14.2 Å². The van der Waals surface area contributed by atoms with Crippen molar-refractivity contribution in [3.63, 3.8) is 0 Å². The molecule has 3 heterocycles. The fourth-order valence-electron chi connectivity index (χ4n) is 5.73. The Morgan fingerprint density at radius 3 is 2.13 bits per heavy atom. The van der Waals surface area contributed by atoms with Gasteiger partial charge < -0.3 is 24.0 Å². The first-order chi connectivity index (χ1) is 18.6. The van der Waals surface area contributed by atoms with Crippen LogP contribution in [-0.2, 0) is 20.7 Å². The number of methoxy groups -OCH3 is 2. The second kappa shape index (κ2) is 12.1. The molecule has 38 heavy (non-hydrogen) atoms. The van der Waals surface area contributed by atoms with Gasteiger partial charge in [-0.05, 0) is 35.2 Å². The van der Waals surface area contributed by atoms with Crippen LogP contribution in [0.5, 0.6) is 11.5 Å². The predicted molar refractivity (Wildman–Crippen MR) is 144 cm³/mol. The molecule has 0 unspecified atom stereocenters. The SMILES string of the molecule is COc1cc2c(cc1OC)[C@@H](c1ccccc1)N(CC(=O)N1CCN(CC(=O)N3CCOCC3)CC1)CC2. The maximum absolute atomic E-state index is 13.5. The van der Waals surface area contributed by atoms with Crippen LogP contribution >= 0.6 is 0 Å². The molecule has 9 nitrogen and oxygen atoms in total. The van der Waals surface area contributed by atoms with Crippen LogP contribution in [0.2, 0.25) is 0 Å². The zero-order valence-electron chi connectivity index (χ0n) is 22.4. The van der Waals surface area contributed by atoms with Crippen molar-refractivity contribution >= 4 is 11.8 Å². The van der Waals surface area contributed by atoms with Gasteiger partial charge in [0.1, 0.15) is 0 Å². The van der Waals surface area contributed by atoms with Crippen molar-refractivity contribution in [1.29, 1.82) is 0 Å². The van der Waals surface area contributed by atoms with Crippen molar-refractivity contribution < 1.29 is 23.8 Å². The van der Waals surface area contributed by atoms with Crippen LogP contribution in [0.25, 0.3) is 0 Å². The maximum Gasteiger partial charge on any atom is 0.236 e. The summed E-state index contributed by atoms with van der Waals surface area (Å²) < 4.78 is 16.5. The lowest BCUT2D eigenvalue weighted by molar-refractivity contribution is -0.138. The zero-order valence-corrected chi connectivity index (χ0v) is 22.4. The second-order valence-electron chi connectivity index (χ2n) is 10.1. The van der Waals surface area contributed by atoms with Gasteiger partial charge >= 0.3 is 0 Å². The average Bonchev–Trinajstić information content (AvgIpc) is 2.97. The van der Waals surface area contributed by atoms with E-state index in [0.29, 0.717) is 71.3 Å². The van der Waals surface area contributed by atoms with Crippen molar-refractivity contribution in [2.45, 2.75) is 12.5 Å². The molecule has 2 aromatic rings.